The smallest absolute Gasteiger partial charge is 0.251 e. The van der Waals surface area contributed by atoms with Gasteiger partial charge in [-0.25, -0.2) is 18.4 Å². The number of benzene rings is 1. The number of hydrogen-bond acceptors (Lipinski definition) is 9. The molecule has 0 unspecified atom stereocenters. The van der Waals surface area contributed by atoms with Gasteiger partial charge in [-0.2, -0.15) is 0 Å². The standard InChI is InChI=1S/C31H33N5O5S/c1-18-5-6-21(10-29(18)42(4,38)39)31(37)33-13-24-11-27-22(12-32-24)7-8-26(34-27)28-9-23-16-40-17-25(23)30(35-28)36-14-19(2)41-20(3)15-36/h5-12,19-20H,13-17H2,1-4H3,(H,33,37)/t19-,20+. The third-order valence-corrected chi connectivity index (χ3v) is 8.83. The molecular formula is C31H33N5O5S. The van der Waals surface area contributed by atoms with Crippen LogP contribution in [0.2, 0.25) is 0 Å². The highest BCUT2D eigenvalue weighted by Crippen LogP contribution is 2.34. The van der Waals surface area contributed by atoms with Crippen molar-refractivity contribution < 1.29 is 22.7 Å². The predicted octanol–water partition coefficient (Wildman–Crippen LogP) is 3.98. The molecule has 11 heteroatoms. The Labute approximate surface area is 245 Å². The first-order valence-corrected chi connectivity index (χ1v) is 15.8. The number of amides is 1. The summed E-state index contributed by atoms with van der Waals surface area (Å²) >= 11 is 0. The van der Waals surface area contributed by atoms with Crippen LogP contribution in [0.15, 0.2) is 53.6 Å². The number of anilines is 1. The Kier molecular flexibility index (Phi) is 7.42. The lowest BCUT2D eigenvalue weighted by Gasteiger charge is -2.37. The number of morpholine rings is 1. The summed E-state index contributed by atoms with van der Waals surface area (Å²) in [5.41, 5.74) is 5.99. The van der Waals surface area contributed by atoms with Crippen molar-refractivity contribution in [2.75, 3.05) is 24.2 Å². The largest absolute Gasteiger partial charge is 0.372 e. The van der Waals surface area contributed by atoms with E-state index in [1.165, 1.54) is 6.07 Å². The maximum atomic E-state index is 12.8. The van der Waals surface area contributed by atoms with Crippen LogP contribution in [0.3, 0.4) is 0 Å². The number of aromatic nitrogens is 3. The monoisotopic (exact) mass is 587 g/mol. The van der Waals surface area contributed by atoms with E-state index in [9.17, 15) is 13.2 Å². The van der Waals surface area contributed by atoms with Crippen LogP contribution in [0.5, 0.6) is 0 Å². The highest BCUT2D eigenvalue weighted by molar-refractivity contribution is 7.90. The summed E-state index contributed by atoms with van der Waals surface area (Å²) in [5, 5.41) is 3.70. The SMILES string of the molecule is Cc1ccc(C(=O)NCc2cc3nc(-c4cc5c(c(N6C[C@@H](C)O[C@@H](C)C6)n4)COC5)ccc3cn2)cc1S(C)(=O)=O. The normalized spacial score (nSPS) is 18.7. The molecule has 218 valence electrons. The number of rotatable bonds is 6. The zero-order valence-electron chi connectivity index (χ0n) is 24.0. The van der Waals surface area contributed by atoms with Gasteiger partial charge in [0.05, 0.1) is 59.5 Å². The van der Waals surface area contributed by atoms with Crippen molar-refractivity contribution in [2.24, 2.45) is 0 Å². The summed E-state index contributed by atoms with van der Waals surface area (Å²) < 4.78 is 35.9. The number of pyridine rings is 3. The lowest BCUT2D eigenvalue weighted by atomic mass is 10.1. The molecule has 1 saturated heterocycles. The molecule has 3 aromatic heterocycles. The summed E-state index contributed by atoms with van der Waals surface area (Å²) in [4.78, 5) is 29.7. The van der Waals surface area contributed by atoms with Gasteiger partial charge in [-0.1, -0.05) is 6.07 Å². The topological polar surface area (TPSA) is 124 Å². The number of fused-ring (bicyclic) bond motifs is 2. The Morgan fingerprint density at radius 3 is 2.57 bits per heavy atom. The van der Waals surface area contributed by atoms with Crippen LogP contribution >= 0.6 is 0 Å². The molecule has 2 aliphatic rings. The Balaban J connectivity index is 1.26. The molecule has 42 heavy (non-hydrogen) atoms. The Hall–Kier alpha value is -3.93. The number of hydrogen-bond donors (Lipinski definition) is 1. The Morgan fingerprint density at radius 1 is 1.02 bits per heavy atom. The van der Waals surface area contributed by atoms with E-state index in [4.69, 9.17) is 19.4 Å². The predicted molar refractivity (Wildman–Crippen MR) is 159 cm³/mol. The maximum absolute atomic E-state index is 12.8. The van der Waals surface area contributed by atoms with Gasteiger partial charge in [0.2, 0.25) is 0 Å². The first-order valence-electron chi connectivity index (χ1n) is 13.9. The highest BCUT2D eigenvalue weighted by Gasteiger charge is 2.28. The minimum absolute atomic E-state index is 0.107. The third-order valence-electron chi connectivity index (χ3n) is 7.59. The van der Waals surface area contributed by atoms with Crippen molar-refractivity contribution >= 4 is 32.5 Å². The summed E-state index contributed by atoms with van der Waals surface area (Å²) in [6.45, 7) is 8.63. The van der Waals surface area contributed by atoms with Crippen molar-refractivity contribution in [3.63, 3.8) is 0 Å². The molecule has 0 aliphatic carbocycles. The minimum atomic E-state index is -3.45. The fourth-order valence-electron chi connectivity index (χ4n) is 5.61. The molecule has 2 atom stereocenters. The van der Waals surface area contributed by atoms with Gasteiger partial charge in [-0.15, -0.1) is 0 Å². The van der Waals surface area contributed by atoms with E-state index in [0.29, 0.717) is 24.5 Å². The van der Waals surface area contributed by atoms with Gasteiger partial charge in [0.1, 0.15) is 5.82 Å². The molecular weight excluding hydrogens is 554 g/mol. The first kappa shape index (κ1) is 28.2. The Morgan fingerprint density at radius 2 is 1.81 bits per heavy atom. The summed E-state index contributed by atoms with van der Waals surface area (Å²) in [6.07, 6.45) is 3.08. The number of ether oxygens (including phenoxy) is 2. The zero-order chi connectivity index (χ0) is 29.6. The van der Waals surface area contributed by atoms with Crippen molar-refractivity contribution in [3.8, 4) is 11.4 Å². The molecule has 5 heterocycles. The number of nitrogens with zero attached hydrogens (tertiary/aromatic N) is 4. The fourth-order valence-corrected chi connectivity index (χ4v) is 6.61. The first-order chi connectivity index (χ1) is 20.0. The molecule has 1 fully saturated rings. The number of carbonyl (C=O) groups excluding carboxylic acids is 1. The summed E-state index contributed by atoms with van der Waals surface area (Å²) in [5.74, 6) is 0.546. The highest BCUT2D eigenvalue weighted by atomic mass is 32.2. The van der Waals surface area contributed by atoms with Crippen LogP contribution in [0, 0.1) is 6.92 Å². The van der Waals surface area contributed by atoms with E-state index in [1.807, 2.05) is 18.2 Å². The van der Waals surface area contributed by atoms with Crippen LogP contribution in [0.4, 0.5) is 5.82 Å². The van der Waals surface area contributed by atoms with Crippen LogP contribution in [-0.4, -0.2) is 60.8 Å². The number of nitrogens with one attached hydrogen (secondary N) is 1. The van der Waals surface area contributed by atoms with Crippen molar-refractivity contribution in [3.05, 3.63) is 76.6 Å². The van der Waals surface area contributed by atoms with Crippen LogP contribution in [0.1, 0.15) is 46.6 Å². The molecule has 0 saturated carbocycles. The quantitative estimate of drug-likeness (QED) is 0.357. The van der Waals surface area contributed by atoms with E-state index in [1.54, 1.807) is 25.3 Å². The molecule has 1 N–H and O–H groups in total. The van der Waals surface area contributed by atoms with E-state index in [2.05, 4.69) is 35.1 Å². The van der Waals surface area contributed by atoms with Crippen LogP contribution in [0.25, 0.3) is 22.3 Å². The second kappa shape index (κ2) is 11.0. The number of carbonyl (C=O) groups is 1. The summed E-state index contributed by atoms with van der Waals surface area (Å²) in [7, 11) is -3.45. The van der Waals surface area contributed by atoms with E-state index in [-0.39, 0.29) is 35.1 Å². The van der Waals surface area contributed by atoms with Gasteiger partial charge in [0.15, 0.2) is 9.84 Å². The maximum Gasteiger partial charge on any atom is 0.251 e. The van der Waals surface area contributed by atoms with Gasteiger partial charge in [0, 0.05) is 42.1 Å². The van der Waals surface area contributed by atoms with Gasteiger partial charge >= 0.3 is 0 Å². The van der Waals surface area contributed by atoms with Crippen molar-refractivity contribution in [1.29, 1.82) is 0 Å². The van der Waals surface area contributed by atoms with Crippen molar-refractivity contribution in [2.45, 2.75) is 57.6 Å². The van der Waals surface area contributed by atoms with E-state index in [0.717, 1.165) is 58.6 Å². The molecule has 0 radical (unpaired) electrons. The summed E-state index contributed by atoms with van der Waals surface area (Å²) in [6, 6.07) is 12.5. The van der Waals surface area contributed by atoms with Crippen molar-refractivity contribution in [1.82, 2.24) is 20.3 Å². The van der Waals surface area contributed by atoms with Gasteiger partial charge < -0.3 is 19.7 Å². The number of sulfone groups is 1. The molecule has 1 aromatic carbocycles. The molecule has 4 aromatic rings. The molecule has 10 nitrogen and oxygen atoms in total. The van der Waals surface area contributed by atoms with Gasteiger partial charge in [0.25, 0.3) is 5.91 Å². The average Bonchev–Trinajstić information content (AvgIpc) is 3.43. The van der Waals surface area contributed by atoms with Gasteiger partial charge in [-0.3, -0.25) is 9.78 Å². The van der Waals surface area contributed by atoms with Crippen LogP contribution < -0.4 is 10.2 Å². The molecule has 6 rings (SSSR count). The Bertz CT molecular complexity index is 1800. The zero-order valence-corrected chi connectivity index (χ0v) is 24.9. The van der Waals surface area contributed by atoms with Crippen LogP contribution in [-0.2, 0) is 39.1 Å². The molecule has 2 aliphatic heterocycles. The fraction of sp³-hybridized carbons (Fsp3) is 0.355. The molecule has 0 spiro atoms. The lowest BCUT2D eigenvalue weighted by molar-refractivity contribution is -0.00556. The molecule has 0 bridgehead atoms. The lowest BCUT2D eigenvalue weighted by Crippen LogP contribution is -2.46. The van der Waals surface area contributed by atoms with Gasteiger partial charge in [-0.05, 0) is 68.3 Å². The number of aryl methyl sites for hydroxylation is 1. The second-order valence-electron chi connectivity index (χ2n) is 11.1. The second-order valence-corrected chi connectivity index (χ2v) is 13.1. The molecule has 1 amide bonds. The average molecular weight is 588 g/mol. The van der Waals surface area contributed by atoms with E-state index < -0.39 is 9.84 Å². The van der Waals surface area contributed by atoms with E-state index >= 15 is 0 Å². The third kappa shape index (κ3) is 5.72. The minimum Gasteiger partial charge on any atom is -0.372 e.